The number of aliphatic hydroxyl groups is 1. The van der Waals surface area contributed by atoms with Crippen LogP contribution in [0.4, 0.5) is 5.13 Å². The Labute approximate surface area is 260 Å². The van der Waals surface area contributed by atoms with Crippen molar-refractivity contribution in [3.8, 4) is 5.75 Å². The molecule has 1 aliphatic heterocycles. The molecule has 1 unspecified atom stereocenters. The van der Waals surface area contributed by atoms with Gasteiger partial charge in [0.05, 0.1) is 18.2 Å². The summed E-state index contributed by atoms with van der Waals surface area (Å²) in [4.78, 5) is 28.8. The van der Waals surface area contributed by atoms with Gasteiger partial charge in [0.2, 0.25) is 10.9 Å². The lowest BCUT2D eigenvalue weighted by Crippen LogP contribution is -2.31. The van der Waals surface area contributed by atoms with E-state index in [0.29, 0.717) is 38.6 Å². The van der Waals surface area contributed by atoms with Gasteiger partial charge in [0.15, 0.2) is 15.9 Å². The zero-order valence-electron chi connectivity index (χ0n) is 23.0. The van der Waals surface area contributed by atoms with E-state index in [1.165, 1.54) is 28.0 Å². The van der Waals surface area contributed by atoms with Crippen LogP contribution >= 0.6 is 34.7 Å². The fraction of sp³-hybridized carbons (Fsp3) is 0.188. The number of furan rings is 1. The molecule has 0 bridgehead atoms. The quantitative estimate of drug-likeness (QED) is 0.0673. The standard InChI is InChI=1S/C32H26ClN3O5S2/c1-2-3-16-40-23-14-10-20(11-15-23)27-26(28(37)25-17-21-6-4-5-7-24(21)41-25)29(38)30(39)36(27)31-34-35-32(43-31)42-18-19-8-12-22(33)13-9-19/h4-15,17,27,38H,2-3,16,18H2,1H3. The molecule has 218 valence electrons. The highest BCUT2D eigenvalue weighted by molar-refractivity contribution is 8.00. The Morgan fingerprint density at radius 2 is 1.86 bits per heavy atom. The summed E-state index contributed by atoms with van der Waals surface area (Å²) >= 11 is 8.67. The number of amides is 1. The predicted octanol–water partition coefficient (Wildman–Crippen LogP) is 8.19. The van der Waals surface area contributed by atoms with Crippen LogP contribution < -0.4 is 9.64 Å². The monoisotopic (exact) mass is 631 g/mol. The number of anilines is 1. The molecule has 1 aliphatic rings. The van der Waals surface area contributed by atoms with Crippen LogP contribution in [0.5, 0.6) is 5.75 Å². The summed E-state index contributed by atoms with van der Waals surface area (Å²) in [5, 5.41) is 21.4. The van der Waals surface area contributed by atoms with Crippen molar-refractivity contribution in [2.45, 2.75) is 35.9 Å². The smallest absolute Gasteiger partial charge is 0.296 e. The number of nitrogens with zero attached hydrogens (tertiary/aromatic N) is 3. The number of carbonyl (C=O) groups excluding carboxylic acids is 2. The number of aliphatic hydroxyl groups excluding tert-OH is 1. The highest BCUT2D eigenvalue weighted by atomic mass is 35.5. The van der Waals surface area contributed by atoms with Gasteiger partial charge >= 0.3 is 0 Å². The summed E-state index contributed by atoms with van der Waals surface area (Å²) in [6.07, 6.45) is 1.94. The molecular formula is C32H26ClN3O5S2. The molecule has 0 spiro atoms. The van der Waals surface area contributed by atoms with Crippen molar-refractivity contribution in [1.82, 2.24) is 10.2 Å². The highest BCUT2D eigenvalue weighted by Gasteiger charge is 2.46. The van der Waals surface area contributed by atoms with Gasteiger partial charge in [-0.3, -0.25) is 14.5 Å². The number of para-hydroxylation sites is 1. The second kappa shape index (κ2) is 12.6. The molecule has 5 aromatic rings. The number of rotatable bonds is 11. The first kappa shape index (κ1) is 29.0. The van der Waals surface area contributed by atoms with E-state index in [1.807, 2.05) is 42.5 Å². The Bertz CT molecular complexity index is 1780. The third-order valence-corrected chi connectivity index (χ3v) is 9.32. The minimum atomic E-state index is -0.958. The number of aromatic nitrogens is 2. The lowest BCUT2D eigenvalue weighted by atomic mass is 9.95. The Balaban J connectivity index is 1.33. The molecule has 0 radical (unpaired) electrons. The topological polar surface area (TPSA) is 106 Å². The van der Waals surface area contributed by atoms with Gasteiger partial charge in [-0.15, -0.1) is 10.2 Å². The first-order valence-corrected chi connectivity index (χ1v) is 15.8. The van der Waals surface area contributed by atoms with Crippen LogP contribution in [-0.4, -0.2) is 33.6 Å². The second-order valence-corrected chi connectivity index (χ2v) is 12.5. The van der Waals surface area contributed by atoms with Crippen LogP contribution in [0.2, 0.25) is 5.02 Å². The molecule has 1 amide bonds. The maximum atomic E-state index is 13.9. The van der Waals surface area contributed by atoms with E-state index >= 15 is 0 Å². The van der Waals surface area contributed by atoms with Crippen LogP contribution in [0.15, 0.2) is 99.0 Å². The molecule has 1 atom stereocenters. The molecular weight excluding hydrogens is 606 g/mol. The Morgan fingerprint density at radius 3 is 2.60 bits per heavy atom. The maximum absolute atomic E-state index is 13.9. The zero-order valence-corrected chi connectivity index (χ0v) is 25.4. The van der Waals surface area contributed by atoms with Crippen LogP contribution in [0.1, 0.15) is 47.5 Å². The normalized spacial score (nSPS) is 15.1. The van der Waals surface area contributed by atoms with Crippen LogP contribution in [-0.2, 0) is 10.5 Å². The number of ketones is 1. The number of fused-ring (bicyclic) bond motifs is 1. The van der Waals surface area contributed by atoms with Gasteiger partial charge in [-0.25, -0.2) is 0 Å². The number of halogens is 1. The SMILES string of the molecule is CCCCOc1ccc(C2C(C(=O)c3cc4ccccc4o3)=C(O)C(=O)N2c2nnc(SCc3ccc(Cl)cc3)s2)cc1. The van der Waals surface area contributed by atoms with Crippen LogP contribution in [0, 0.1) is 0 Å². The Kier molecular flexibility index (Phi) is 8.51. The fourth-order valence-electron chi connectivity index (χ4n) is 4.74. The Hall–Kier alpha value is -4.12. The summed E-state index contributed by atoms with van der Waals surface area (Å²) in [7, 11) is 0. The summed E-state index contributed by atoms with van der Waals surface area (Å²) in [6.45, 7) is 2.67. The number of Topliss-reactive ketones (excluding diaryl/α,β-unsaturated/α-hetero) is 1. The highest BCUT2D eigenvalue weighted by Crippen LogP contribution is 2.44. The zero-order chi connectivity index (χ0) is 29.9. The molecule has 2 aromatic heterocycles. The van der Waals surface area contributed by atoms with Crippen molar-refractivity contribution in [3.05, 3.63) is 112 Å². The van der Waals surface area contributed by atoms with Crippen molar-refractivity contribution >= 4 is 62.5 Å². The van der Waals surface area contributed by atoms with E-state index in [2.05, 4.69) is 17.1 Å². The maximum Gasteiger partial charge on any atom is 0.296 e. The molecule has 1 N–H and O–H groups in total. The van der Waals surface area contributed by atoms with E-state index in [4.69, 9.17) is 20.8 Å². The summed E-state index contributed by atoms with van der Waals surface area (Å²) in [5.41, 5.74) is 2.10. The number of hydrogen-bond acceptors (Lipinski definition) is 9. The van der Waals surface area contributed by atoms with Gasteiger partial charge in [-0.1, -0.05) is 90.5 Å². The lowest BCUT2D eigenvalue weighted by molar-refractivity contribution is -0.117. The third kappa shape index (κ3) is 6.04. The third-order valence-electron chi connectivity index (χ3n) is 6.94. The Morgan fingerprint density at radius 1 is 1.09 bits per heavy atom. The van der Waals surface area contributed by atoms with E-state index in [1.54, 1.807) is 36.4 Å². The van der Waals surface area contributed by atoms with E-state index < -0.39 is 23.5 Å². The van der Waals surface area contributed by atoms with E-state index in [0.717, 1.165) is 23.8 Å². The van der Waals surface area contributed by atoms with Gasteiger partial charge in [0, 0.05) is 16.2 Å². The summed E-state index contributed by atoms with van der Waals surface area (Å²) < 4.78 is 12.3. The van der Waals surface area contributed by atoms with Crippen molar-refractivity contribution in [1.29, 1.82) is 0 Å². The number of ether oxygens (including phenoxy) is 1. The largest absolute Gasteiger partial charge is 0.503 e. The van der Waals surface area contributed by atoms with Gasteiger partial charge in [0.1, 0.15) is 11.3 Å². The van der Waals surface area contributed by atoms with Gasteiger partial charge in [-0.05, 0) is 53.9 Å². The van der Waals surface area contributed by atoms with Crippen molar-refractivity contribution in [2.24, 2.45) is 0 Å². The molecule has 0 saturated carbocycles. The van der Waals surface area contributed by atoms with Gasteiger partial charge < -0.3 is 14.3 Å². The van der Waals surface area contributed by atoms with Crippen molar-refractivity contribution in [2.75, 3.05) is 11.5 Å². The molecule has 3 aromatic carbocycles. The minimum absolute atomic E-state index is 0.0263. The number of carbonyl (C=O) groups is 2. The van der Waals surface area contributed by atoms with E-state index in [-0.39, 0.29) is 16.5 Å². The molecule has 0 aliphatic carbocycles. The average molecular weight is 632 g/mol. The van der Waals surface area contributed by atoms with E-state index in [9.17, 15) is 14.7 Å². The average Bonchev–Trinajstić information content (AvgIpc) is 3.73. The predicted molar refractivity (Wildman–Crippen MR) is 168 cm³/mol. The summed E-state index contributed by atoms with van der Waals surface area (Å²) in [6, 6.07) is 22.6. The second-order valence-electron chi connectivity index (χ2n) is 9.85. The van der Waals surface area contributed by atoms with Crippen molar-refractivity contribution < 1.29 is 23.8 Å². The molecule has 3 heterocycles. The van der Waals surface area contributed by atoms with Crippen molar-refractivity contribution in [3.63, 3.8) is 0 Å². The number of thioether (sulfide) groups is 1. The number of benzene rings is 3. The number of hydrogen-bond donors (Lipinski definition) is 1. The first-order valence-electron chi connectivity index (χ1n) is 13.7. The number of unbranched alkanes of at least 4 members (excludes halogenated alkanes) is 1. The molecule has 0 saturated heterocycles. The molecule has 8 nitrogen and oxygen atoms in total. The molecule has 11 heteroatoms. The molecule has 6 rings (SSSR count). The first-order chi connectivity index (χ1) is 20.9. The molecule has 43 heavy (non-hydrogen) atoms. The van der Waals surface area contributed by atoms with Gasteiger partial charge in [-0.2, -0.15) is 0 Å². The molecule has 0 fully saturated rings. The minimum Gasteiger partial charge on any atom is -0.503 e. The van der Waals surface area contributed by atoms with Gasteiger partial charge in [0.25, 0.3) is 5.91 Å². The fourth-order valence-corrected chi connectivity index (χ4v) is 6.69. The lowest BCUT2D eigenvalue weighted by Gasteiger charge is -2.24. The van der Waals surface area contributed by atoms with Crippen LogP contribution in [0.3, 0.4) is 0 Å². The van der Waals surface area contributed by atoms with Crippen LogP contribution in [0.25, 0.3) is 11.0 Å². The summed E-state index contributed by atoms with van der Waals surface area (Å²) in [5.74, 6) is -0.647.